The number of carbonyl (C=O) groups excluding carboxylic acids is 1. The molecule has 0 fully saturated rings. The average Bonchev–Trinajstić information content (AvgIpc) is 2.33. The Morgan fingerprint density at radius 3 is 2.47 bits per heavy atom. The Morgan fingerprint density at radius 1 is 1.26 bits per heavy atom. The largest absolute Gasteiger partial charge is 0.460 e. The Bertz CT molecular complexity index is 381. The van der Waals surface area contributed by atoms with Crippen LogP contribution in [0.3, 0.4) is 0 Å². The Balaban J connectivity index is 2.20. The van der Waals surface area contributed by atoms with E-state index in [0.717, 1.165) is 13.0 Å². The van der Waals surface area contributed by atoms with Gasteiger partial charge in [-0.05, 0) is 39.3 Å². The lowest BCUT2D eigenvalue weighted by Gasteiger charge is -2.22. The molecule has 0 aliphatic heterocycles. The van der Waals surface area contributed by atoms with Crippen molar-refractivity contribution in [2.45, 2.75) is 39.7 Å². The van der Waals surface area contributed by atoms with Crippen molar-refractivity contribution in [3.8, 4) is 0 Å². The minimum atomic E-state index is -0.407. The predicted molar refractivity (Wildman–Crippen MR) is 78.0 cm³/mol. The van der Waals surface area contributed by atoms with Gasteiger partial charge < -0.3 is 10.1 Å². The third-order valence-electron chi connectivity index (χ3n) is 2.69. The van der Waals surface area contributed by atoms with Crippen molar-refractivity contribution in [3.63, 3.8) is 0 Å². The van der Waals surface area contributed by atoms with Gasteiger partial charge in [-0.3, -0.25) is 4.79 Å². The summed E-state index contributed by atoms with van der Waals surface area (Å²) >= 11 is 0. The SMILES string of the molecule is C[C@@H](CNCCc1ccccc1)C(=O)OC(C)(C)C. The zero-order chi connectivity index (χ0) is 14.3. The molecule has 1 rings (SSSR count). The summed E-state index contributed by atoms with van der Waals surface area (Å²) in [5, 5.41) is 3.30. The lowest BCUT2D eigenvalue weighted by atomic mass is 10.1. The van der Waals surface area contributed by atoms with Gasteiger partial charge in [-0.15, -0.1) is 0 Å². The van der Waals surface area contributed by atoms with E-state index in [0.29, 0.717) is 6.54 Å². The average molecular weight is 263 g/mol. The first-order chi connectivity index (χ1) is 8.88. The second-order valence-electron chi connectivity index (χ2n) is 5.87. The summed E-state index contributed by atoms with van der Waals surface area (Å²) in [5.41, 5.74) is 0.898. The second kappa shape index (κ2) is 7.29. The maximum atomic E-state index is 11.8. The Morgan fingerprint density at radius 2 is 1.89 bits per heavy atom. The number of ether oxygens (including phenoxy) is 1. The fourth-order valence-electron chi connectivity index (χ4n) is 1.68. The molecule has 3 heteroatoms. The van der Waals surface area contributed by atoms with Crippen LogP contribution in [0, 0.1) is 5.92 Å². The van der Waals surface area contributed by atoms with Gasteiger partial charge in [-0.2, -0.15) is 0 Å². The maximum Gasteiger partial charge on any atom is 0.310 e. The van der Waals surface area contributed by atoms with E-state index in [2.05, 4.69) is 17.4 Å². The van der Waals surface area contributed by atoms with E-state index in [1.54, 1.807) is 0 Å². The summed E-state index contributed by atoms with van der Waals surface area (Å²) in [7, 11) is 0. The lowest BCUT2D eigenvalue weighted by molar-refractivity contribution is -0.159. The third kappa shape index (κ3) is 6.97. The van der Waals surface area contributed by atoms with Gasteiger partial charge in [0.2, 0.25) is 0 Å². The first-order valence-corrected chi connectivity index (χ1v) is 6.86. The first kappa shape index (κ1) is 15.7. The zero-order valence-electron chi connectivity index (χ0n) is 12.4. The molecule has 1 aromatic carbocycles. The quantitative estimate of drug-likeness (QED) is 0.633. The molecule has 0 aromatic heterocycles. The smallest absolute Gasteiger partial charge is 0.310 e. The molecule has 0 saturated carbocycles. The van der Waals surface area contributed by atoms with Crippen LogP contribution in [0.5, 0.6) is 0 Å². The van der Waals surface area contributed by atoms with Crippen LogP contribution >= 0.6 is 0 Å². The Labute approximate surface area is 116 Å². The topological polar surface area (TPSA) is 38.3 Å². The van der Waals surface area contributed by atoms with E-state index in [1.807, 2.05) is 45.9 Å². The molecule has 0 radical (unpaired) electrons. The normalized spacial score (nSPS) is 13.1. The molecule has 3 nitrogen and oxygen atoms in total. The van der Waals surface area contributed by atoms with Gasteiger partial charge in [0, 0.05) is 6.54 Å². The standard InChI is InChI=1S/C16H25NO2/c1-13(15(18)19-16(2,3)4)12-17-11-10-14-8-6-5-7-9-14/h5-9,13,17H,10-12H2,1-4H3/t13-/m0/s1. The molecule has 0 heterocycles. The maximum absolute atomic E-state index is 11.8. The molecule has 0 aliphatic carbocycles. The summed E-state index contributed by atoms with van der Waals surface area (Å²) in [6.07, 6.45) is 0.974. The summed E-state index contributed by atoms with van der Waals surface area (Å²) in [4.78, 5) is 11.8. The monoisotopic (exact) mass is 263 g/mol. The van der Waals surface area contributed by atoms with Crippen LogP contribution in [-0.4, -0.2) is 24.7 Å². The van der Waals surface area contributed by atoms with Gasteiger partial charge in [-0.25, -0.2) is 0 Å². The van der Waals surface area contributed by atoms with Crippen LogP contribution in [-0.2, 0) is 16.0 Å². The molecule has 0 unspecified atom stereocenters. The molecule has 0 amide bonds. The van der Waals surface area contributed by atoms with E-state index in [-0.39, 0.29) is 11.9 Å². The molecule has 0 saturated heterocycles. The van der Waals surface area contributed by atoms with Crippen LogP contribution in [0.2, 0.25) is 0 Å². The molecular formula is C16H25NO2. The van der Waals surface area contributed by atoms with Crippen LogP contribution in [0.1, 0.15) is 33.3 Å². The second-order valence-corrected chi connectivity index (χ2v) is 5.87. The van der Waals surface area contributed by atoms with Crippen LogP contribution < -0.4 is 5.32 Å². The molecule has 0 aliphatic rings. The predicted octanol–water partition coefficient (Wildman–Crippen LogP) is 2.80. The number of carbonyl (C=O) groups is 1. The molecule has 1 N–H and O–H groups in total. The minimum absolute atomic E-state index is 0.116. The van der Waals surface area contributed by atoms with Gasteiger partial charge in [-0.1, -0.05) is 37.3 Å². The molecule has 0 bridgehead atoms. The highest BCUT2D eigenvalue weighted by Gasteiger charge is 2.21. The van der Waals surface area contributed by atoms with Gasteiger partial charge >= 0.3 is 5.97 Å². The zero-order valence-corrected chi connectivity index (χ0v) is 12.4. The summed E-state index contributed by atoms with van der Waals surface area (Å²) in [5.74, 6) is -0.255. The number of hydrogen-bond acceptors (Lipinski definition) is 3. The molecule has 1 aromatic rings. The van der Waals surface area contributed by atoms with E-state index in [1.165, 1.54) is 5.56 Å². The van der Waals surface area contributed by atoms with Gasteiger partial charge in [0.25, 0.3) is 0 Å². The number of rotatable bonds is 6. The van der Waals surface area contributed by atoms with Gasteiger partial charge in [0.1, 0.15) is 5.60 Å². The van der Waals surface area contributed by atoms with Gasteiger partial charge in [0.15, 0.2) is 0 Å². The fourth-order valence-corrected chi connectivity index (χ4v) is 1.68. The molecule has 0 spiro atoms. The molecular weight excluding hydrogens is 238 g/mol. The molecule has 106 valence electrons. The fraction of sp³-hybridized carbons (Fsp3) is 0.562. The highest BCUT2D eigenvalue weighted by atomic mass is 16.6. The van der Waals surface area contributed by atoms with E-state index in [4.69, 9.17) is 4.74 Å². The van der Waals surface area contributed by atoms with Crippen molar-refractivity contribution >= 4 is 5.97 Å². The van der Waals surface area contributed by atoms with Crippen molar-refractivity contribution in [2.75, 3.05) is 13.1 Å². The van der Waals surface area contributed by atoms with E-state index < -0.39 is 5.60 Å². The van der Waals surface area contributed by atoms with Crippen LogP contribution in [0.15, 0.2) is 30.3 Å². The van der Waals surface area contributed by atoms with Crippen LogP contribution in [0.4, 0.5) is 0 Å². The minimum Gasteiger partial charge on any atom is -0.460 e. The third-order valence-corrected chi connectivity index (χ3v) is 2.69. The van der Waals surface area contributed by atoms with Crippen molar-refractivity contribution in [3.05, 3.63) is 35.9 Å². The highest BCUT2D eigenvalue weighted by molar-refractivity contribution is 5.72. The molecule has 19 heavy (non-hydrogen) atoms. The van der Waals surface area contributed by atoms with Crippen molar-refractivity contribution in [1.29, 1.82) is 0 Å². The summed E-state index contributed by atoms with van der Waals surface area (Å²) in [6, 6.07) is 10.3. The highest BCUT2D eigenvalue weighted by Crippen LogP contribution is 2.10. The van der Waals surface area contributed by atoms with Gasteiger partial charge in [0.05, 0.1) is 5.92 Å². The summed E-state index contributed by atoms with van der Waals surface area (Å²) in [6.45, 7) is 9.09. The van der Waals surface area contributed by atoms with Crippen molar-refractivity contribution in [2.24, 2.45) is 5.92 Å². The van der Waals surface area contributed by atoms with Crippen LogP contribution in [0.25, 0.3) is 0 Å². The number of benzene rings is 1. The van der Waals surface area contributed by atoms with E-state index >= 15 is 0 Å². The van der Waals surface area contributed by atoms with Crippen molar-refractivity contribution in [1.82, 2.24) is 5.32 Å². The Kier molecular flexibility index (Phi) is 6.03. The first-order valence-electron chi connectivity index (χ1n) is 6.86. The Hall–Kier alpha value is -1.35. The number of hydrogen-bond donors (Lipinski definition) is 1. The lowest BCUT2D eigenvalue weighted by Crippen LogP contribution is -2.33. The molecule has 1 atom stereocenters. The summed E-state index contributed by atoms with van der Waals surface area (Å²) < 4.78 is 5.34. The number of nitrogens with one attached hydrogen (secondary N) is 1. The number of esters is 1. The van der Waals surface area contributed by atoms with E-state index in [9.17, 15) is 4.79 Å². The van der Waals surface area contributed by atoms with Crippen molar-refractivity contribution < 1.29 is 9.53 Å².